The van der Waals surface area contributed by atoms with Crippen LogP contribution in [0.5, 0.6) is 0 Å². The number of amidine groups is 1. The lowest BCUT2D eigenvalue weighted by molar-refractivity contribution is -0.253. The number of hydrogen-bond donors (Lipinski definition) is 2. The zero-order valence-electron chi connectivity index (χ0n) is 21.2. The maximum Gasteiger partial charge on any atom is 0.287 e. The van der Waals surface area contributed by atoms with Crippen molar-refractivity contribution in [3.05, 3.63) is 29.8 Å². The highest BCUT2D eigenvalue weighted by atomic mass is 17.1. The number of rotatable bonds is 22. The smallest absolute Gasteiger partial charge is 0.287 e. The maximum absolute atomic E-state index is 8.45. The van der Waals surface area contributed by atoms with Gasteiger partial charge in [-0.15, -0.1) is 0 Å². The van der Waals surface area contributed by atoms with Gasteiger partial charge in [0.1, 0.15) is 6.61 Å². The van der Waals surface area contributed by atoms with Gasteiger partial charge in [0.25, 0.3) is 6.02 Å². The largest absolute Gasteiger partial charge is 0.465 e. The van der Waals surface area contributed by atoms with Crippen molar-refractivity contribution in [2.24, 2.45) is 10.7 Å². The average molecular weight is 463 g/mol. The van der Waals surface area contributed by atoms with E-state index in [1.807, 2.05) is 24.3 Å². The van der Waals surface area contributed by atoms with E-state index in [0.29, 0.717) is 6.61 Å². The van der Waals surface area contributed by atoms with Gasteiger partial charge in [-0.05, 0) is 24.1 Å². The Morgan fingerprint density at radius 2 is 1.12 bits per heavy atom. The first kappa shape index (κ1) is 29.4. The molecule has 0 aromatic heterocycles. The maximum atomic E-state index is 8.45. The van der Waals surface area contributed by atoms with Crippen molar-refractivity contribution in [3.8, 4) is 0 Å². The fourth-order valence-corrected chi connectivity index (χ4v) is 4.08. The highest BCUT2D eigenvalue weighted by Gasteiger charge is 1.98. The van der Waals surface area contributed by atoms with Gasteiger partial charge in [-0.2, -0.15) is 4.99 Å². The summed E-state index contributed by atoms with van der Waals surface area (Å²) in [6.45, 7) is 3.06. The summed E-state index contributed by atoms with van der Waals surface area (Å²) in [4.78, 5) is 8.36. The molecular weight excluding hydrogens is 412 g/mol. The second kappa shape index (κ2) is 22.2. The standard InChI is InChI=1S/C28H50N2O3/c1-2-3-4-5-6-7-8-9-10-11-12-13-14-15-16-17-18-19-24-32-28(29)30-27-22-20-26(21-23-27)25-33-31/h20-23,31H,2-19,24-25H2,1H3,(H2,29,30). The Morgan fingerprint density at radius 1 is 0.697 bits per heavy atom. The molecule has 0 aliphatic heterocycles. The number of unbranched alkanes of at least 4 members (excludes halogenated alkanes) is 17. The van der Waals surface area contributed by atoms with E-state index < -0.39 is 0 Å². The summed E-state index contributed by atoms with van der Waals surface area (Å²) in [5.74, 6) is 0. The van der Waals surface area contributed by atoms with E-state index in [-0.39, 0.29) is 12.6 Å². The summed E-state index contributed by atoms with van der Waals surface area (Å²) in [6, 6.07) is 7.51. The highest BCUT2D eigenvalue weighted by molar-refractivity contribution is 5.75. The van der Waals surface area contributed by atoms with Gasteiger partial charge in [0.15, 0.2) is 0 Å². The average Bonchev–Trinajstić information content (AvgIpc) is 2.82. The molecule has 0 aliphatic rings. The molecule has 33 heavy (non-hydrogen) atoms. The first-order chi connectivity index (χ1) is 16.3. The molecule has 1 aromatic carbocycles. The van der Waals surface area contributed by atoms with E-state index in [9.17, 15) is 0 Å². The molecule has 0 aliphatic carbocycles. The molecule has 0 fully saturated rings. The highest BCUT2D eigenvalue weighted by Crippen LogP contribution is 2.15. The number of ether oxygens (including phenoxy) is 1. The van der Waals surface area contributed by atoms with Crippen molar-refractivity contribution in [1.29, 1.82) is 0 Å². The lowest BCUT2D eigenvalue weighted by atomic mass is 10.0. The minimum Gasteiger partial charge on any atom is -0.465 e. The Labute approximate surface area is 203 Å². The summed E-state index contributed by atoms with van der Waals surface area (Å²) in [5.41, 5.74) is 7.44. The van der Waals surface area contributed by atoms with Gasteiger partial charge in [0, 0.05) is 0 Å². The summed E-state index contributed by atoms with van der Waals surface area (Å²) in [5, 5.41) is 8.45. The van der Waals surface area contributed by atoms with Gasteiger partial charge in [-0.1, -0.05) is 128 Å². The number of nitrogens with zero attached hydrogens (tertiary/aromatic N) is 1. The monoisotopic (exact) mass is 462 g/mol. The van der Waals surface area contributed by atoms with Crippen LogP contribution < -0.4 is 5.73 Å². The Kier molecular flexibility index (Phi) is 19.8. The van der Waals surface area contributed by atoms with E-state index in [1.165, 1.54) is 109 Å². The first-order valence-corrected chi connectivity index (χ1v) is 13.6. The van der Waals surface area contributed by atoms with Gasteiger partial charge in [0.05, 0.1) is 12.3 Å². The summed E-state index contributed by atoms with van der Waals surface area (Å²) in [7, 11) is 0. The molecule has 0 saturated carbocycles. The normalized spacial score (nSPS) is 11.8. The van der Waals surface area contributed by atoms with Crippen LogP contribution in [0.15, 0.2) is 29.3 Å². The molecule has 3 N–H and O–H groups in total. The van der Waals surface area contributed by atoms with Crippen molar-refractivity contribution >= 4 is 11.7 Å². The van der Waals surface area contributed by atoms with Crippen LogP contribution in [0, 0.1) is 0 Å². The molecule has 0 atom stereocenters. The van der Waals surface area contributed by atoms with Crippen LogP contribution in [0.1, 0.15) is 128 Å². The van der Waals surface area contributed by atoms with Crippen LogP contribution >= 0.6 is 0 Å². The molecule has 190 valence electrons. The molecule has 0 bridgehead atoms. The van der Waals surface area contributed by atoms with Crippen LogP contribution in [0.3, 0.4) is 0 Å². The SMILES string of the molecule is CCCCCCCCCCCCCCCCCCCCOC(N)=Nc1ccc(COO)cc1. The molecule has 0 saturated heterocycles. The third-order valence-corrected chi connectivity index (χ3v) is 6.15. The van der Waals surface area contributed by atoms with E-state index >= 15 is 0 Å². The van der Waals surface area contributed by atoms with Crippen LogP contribution in [-0.4, -0.2) is 17.9 Å². The molecular formula is C28H50N2O3. The summed E-state index contributed by atoms with van der Waals surface area (Å²) in [6.07, 6.45) is 24.7. The van der Waals surface area contributed by atoms with Crippen LogP contribution in [0.4, 0.5) is 5.69 Å². The quantitative estimate of drug-likeness (QED) is 0.0594. The molecule has 5 nitrogen and oxygen atoms in total. The Bertz CT molecular complexity index is 575. The minimum absolute atomic E-state index is 0.162. The molecule has 0 unspecified atom stereocenters. The predicted molar refractivity (Wildman–Crippen MR) is 140 cm³/mol. The first-order valence-electron chi connectivity index (χ1n) is 13.6. The third kappa shape index (κ3) is 18.5. The van der Waals surface area contributed by atoms with Crippen molar-refractivity contribution < 1.29 is 14.9 Å². The minimum atomic E-state index is 0.162. The lowest BCUT2D eigenvalue weighted by Gasteiger charge is -2.06. The number of aliphatic imine (C=N–C) groups is 1. The molecule has 0 amide bonds. The van der Waals surface area contributed by atoms with E-state index in [4.69, 9.17) is 15.7 Å². The van der Waals surface area contributed by atoms with E-state index in [2.05, 4.69) is 16.8 Å². The summed E-state index contributed by atoms with van der Waals surface area (Å²) >= 11 is 0. The zero-order valence-corrected chi connectivity index (χ0v) is 21.2. The number of hydrogen-bond acceptors (Lipinski definition) is 4. The van der Waals surface area contributed by atoms with Gasteiger partial charge in [-0.25, -0.2) is 4.89 Å². The van der Waals surface area contributed by atoms with Crippen LogP contribution in [0.2, 0.25) is 0 Å². The predicted octanol–water partition coefficient (Wildman–Crippen LogP) is 8.68. The Hall–Kier alpha value is -1.59. The second-order valence-electron chi connectivity index (χ2n) is 9.25. The lowest BCUT2D eigenvalue weighted by Crippen LogP contribution is -2.16. The van der Waals surface area contributed by atoms with Crippen LogP contribution in [-0.2, 0) is 16.2 Å². The fourth-order valence-electron chi connectivity index (χ4n) is 4.08. The van der Waals surface area contributed by atoms with Crippen molar-refractivity contribution in [1.82, 2.24) is 0 Å². The molecule has 0 spiro atoms. The topological polar surface area (TPSA) is 77.1 Å². The van der Waals surface area contributed by atoms with Gasteiger partial charge < -0.3 is 10.5 Å². The molecule has 1 rings (SSSR count). The molecule has 5 heteroatoms. The second-order valence-corrected chi connectivity index (χ2v) is 9.25. The zero-order chi connectivity index (χ0) is 23.8. The van der Waals surface area contributed by atoms with Gasteiger partial charge >= 0.3 is 0 Å². The summed E-state index contributed by atoms with van der Waals surface area (Å²) < 4.78 is 5.52. The van der Waals surface area contributed by atoms with Gasteiger partial charge in [-0.3, -0.25) is 5.26 Å². The van der Waals surface area contributed by atoms with Crippen molar-refractivity contribution in [2.75, 3.05) is 6.61 Å². The van der Waals surface area contributed by atoms with E-state index in [0.717, 1.165) is 17.7 Å². The number of benzene rings is 1. The fraction of sp³-hybridized carbons (Fsp3) is 0.750. The van der Waals surface area contributed by atoms with Crippen molar-refractivity contribution in [3.63, 3.8) is 0 Å². The van der Waals surface area contributed by atoms with Crippen molar-refractivity contribution in [2.45, 2.75) is 129 Å². The Balaban J connectivity index is 1.83. The molecule has 0 radical (unpaired) electrons. The molecule has 1 aromatic rings. The third-order valence-electron chi connectivity index (χ3n) is 6.15. The van der Waals surface area contributed by atoms with E-state index in [1.54, 1.807) is 0 Å². The van der Waals surface area contributed by atoms with Crippen LogP contribution in [0.25, 0.3) is 0 Å². The number of nitrogens with two attached hydrogens (primary N) is 1. The molecule has 0 heterocycles. The van der Waals surface area contributed by atoms with Gasteiger partial charge in [0.2, 0.25) is 0 Å². The Morgan fingerprint density at radius 3 is 1.55 bits per heavy atom.